The molecule has 2 aromatic carbocycles. The Labute approximate surface area is 179 Å². The molecule has 0 radical (unpaired) electrons. The summed E-state index contributed by atoms with van der Waals surface area (Å²) in [7, 11) is 3.30. The quantitative estimate of drug-likeness (QED) is 0.467. The van der Waals surface area contributed by atoms with Gasteiger partial charge in [0.15, 0.2) is 4.96 Å². The number of carbonyl (C=O) groups is 1. The molecule has 0 fully saturated rings. The number of rotatable bonds is 8. The molecule has 0 unspecified atom stereocenters. The minimum absolute atomic E-state index is 0.00269. The Hall–Kier alpha value is -3.32. The van der Waals surface area contributed by atoms with E-state index in [9.17, 15) is 4.79 Å². The van der Waals surface area contributed by atoms with Crippen LogP contribution in [0.5, 0.6) is 11.5 Å². The monoisotopic (exact) mass is 421 g/mol. The van der Waals surface area contributed by atoms with E-state index in [2.05, 4.69) is 10.3 Å². The third-order valence-electron chi connectivity index (χ3n) is 4.91. The third kappa shape index (κ3) is 4.46. The Morgan fingerprint density at radius 1 is 1.03 bits per heavy atom. The molecule has 4 rings (SSSR count). The largest absolute Gasteiger partial charge is 0.497 e. The van der Waals surface area contributed by atoms with Crippen molar-refractivity contribution in [2.75, 3.05) is 20.8 Å². The molecule has 0 aliphatic rings. The number of benzene rings is 2. The van der Waals surface area contributed by atoms with E-state index in [0.717, 1.165) is 45.4 Å². The molecule has 2 aromatic heterocycles. The van der Waals surface area contributed by atoms with Gasteiger partial charge >= 0.3 is 0 Å². The summed E-state index contributed by atoms with van der Waals surface area (Å²) in [6.45, 7) is 0.597. The first kappa shape index (κ1) is 20.0. The fourth-order valence-electron chi connectivity index (χ4n) is 3.22. The molecule has 154 valence electrons. The highest BCUT2D eigenvalue weighted by Crippen LogP contribution is 2.25. The molecule has 0 aliphatic carbocycles. The summed E-state index contributed by atoms with van der Waals surface area (Å²) >= 11 is 1.54. The molecule has 2 heterocycles. The van der Waals surface area contributed by atoms with Gasteiger partial charge < -0.3 is 14.8 Å². The lowest BCUT2D eigenvalue weighted by atomic mass is 10.1. The van der Waals surface area contributed by atoms with E-state index in [0.29, 0.717) is 13.0 Å². The zero-order valence-corrected chi connectivity index (χ0v) is 17.7. The standard InChI is InChI=1S/C23H23N3O3S/c1-28-19-7-3-16(4-8-19)11-12-24-22(27)13-18-15-30-23-25-21(14-26(18)23)17-5-9-20(29-2)10-6-17/h3-10,14-15H,11-13H2,1-2H3,(H,24,27). The first-order valence-electron chi connectivity index (χ1n) is 9.66. The maximum atomic E-state index is 12.4. The van der Waals surface area contributed by atoms with E-state index in [1.165, 1.54) is 11.3 Å². The van der Waals surface area contributed by atoms with Crippen molar-refractivity contribution in [3.8, 4) is 22.8 Å². The van der Waals surface area contributed by atoms with E-state index in [1.807, 2.05) is 64.5 Å². The molecule has 30 heavy (non-hydrogen) atoms. The van der Waals surface area contributed by atoms with Crippen LogP contribution in [0, 0.1) is 0 Å². The number of methoxy groups -OCH3 is 2. The maximum absolute atomic E-state index is 12.4. The number of nitrogens with one attached hydrogen (secondary N) is 1. The Kier molecular flexibility index (Phi) is 5.99. The number of thiazole rings is 1. The lowest BCUT2D eigenvalue weighted by Crippen LogP contribution is -2.27. The summed E-state index contributed by atoms with van der Waals surface area (Å²) in [5, 5.41) is 4.99. The molecule has 1 N–H and O–H groups in total. The number of ether oxygens (including phenoxy) is 2. The van der Waals surface area contributed by atoms with E-state index < -0.39 is 0 Å². The van der Waals surface area contributed by atoms with Crippen molar-refractivity contribution in [3.05, 3.63) is 71.4 Å². The second kappa shape index (κ2) is 9.00. The van der Waals surface area contributed by atoms with Gasteiger partial charge in [0, 0.05) is 29.4 Å². The molecule has 0 bridgehead atoms. The van der Waals surface area contributed by atoms with Gasteiger partial charge in [0.1, 0.15) is 11.5 Å². The number of hydrogen-bond donors (Lipinski definition) is 1. The SMILES string of the molecule is COc1ccc(CCNC(=O)Cc2csc3nc(-c4ccc(OC)cc4)cn23)cc1. The average molecular weight is 422 g/mol. The lowest BCUT2D eigenvalue weighted by molar-refractivity contribution is -0.120. The Morgan fingerprint density at radius 2 is 1.70 bits per heavy atom. The number of carbonyl (C=O) groups excluding carboxylic acids is 1. The fourth-order valence-corrected chi connectivity index (χ4v) is 4.10. The van der Waals surface area contributed by atoms with Gasteiger partial charge in [-0.2, -0.15) is 0 Å². The molecule has 0 spiro atoms. The van der Waals surface area contributed by atoms with Gasteiger partial charge in [-0.25, -0.2) is 4.98 Å². The topological polar surface area (TPSA) is 64.9 Å². The number of imidazole rings is 1. The number of nitrogens with zero attached hydrogens (tertiary/aromatic N) is 2. The van der Waals surface area contributed by atoms with Crippen LogP contribution in [0.25, 0.3) is 16.2 Å². The normalized spacial score (nSPS) is 10.9. The van der Waals surface area contributed by atoms with E-state index in [-0.39, 0.29) is 5.91 Å². The third-order valence-corrected chi connectivity index (χ3v) is 5.79. The molecule has 4 aromatic rings. The summed E-state index contributed by atoms with van der Waals surface area (Å²) in [5.74, 6) is 1.65. The van der Waals surface area contributed by atoms with E-state index in [1.54, 1.807) is 14.2 Å². The van der Waals surface area contributed by atoms with Gasteiger partial charge in [0.05, 0.1) is 26.3 Å². The van der Waals surface area contributed by atoms with Crippen molar-refractivity contribution >= 4 is 22.2 Å². The molecule has 7 heteroatoms. The molecule has 0 aliphatic heterocycles. The summed E-state index contributed by atoms with van der Waals surface area (Å²) < 4.78 is 12.4. The number of fused-ring (bicyclic) bond motifs is 1. The summed E-state index contributed by atoms with van der Waals surface area (Å²) in [6.07, 6.45) is 3.08. The van der Waals surface area contributed by atoms with Crippen LogP contribution in [0.4, 0.5) is 0 Å². The van der Waals surface area contributed by atoms with E-state index in [4.69, 9.17) is 9.47 Å². The summed E-state index contributed by atoms with van der Waals surface area (Å²) in [5.41, 5.74) is 3.99. The maximum Gasteiger partial charge on any atom is 0.225 e. The highest BCUT2D eigenvalue weighted by atomic mass is 32.1. The predicted molar refractivity (Wildman–Crippen MR) is 118 cm³/mol. The lowest BCUT2D eigenvalue weighted by Gasteiger charge is -2.06. The second-order valence-corrected chi connectivity index (χ2v) is 7.70. The molecule has 0 atom stereocenters. The Morgan fingerprint density at radius 3 is 2.37 bits per heavy atom. The van der Waals surface area contributed by atoms with Crippen molar-refractivity contribution in [2.45, 2.75) is 12.8 Å². The highest BCUT2D eigenvalue weighted by Gasteiger charge is 2.12. The highest BCUT2D eigenvalue weighted by molar-refractivity contribution is 7.15. The zero-order chi connectivity index (χ0) is 20.9. The van der Waals surface area contributed by atoms with Crippen LogP contribution in [-0.4, -0.2) is 36.1 Å². The smallest absolute Gasteiger partial charge is 0.225 e. The van der Waals surface area contributed by atoms with Gasteiger partial charge in [-0.1, -0.05) is 12.1 Å². The molecule has 6 nitrogen and oxygen atoms in total. The van der Waals surface area contributed by atoms with Crippen LogP contribution in [0.3, 0.4) is 0 Å². The molecule has 0 saturated carbocycles. The van der Waals surface area contributed by atoms with Crippen molar-refractivity contribution in [2.24, 2.45) is 0 Å². The summed E-state index contributed by atoms with van der Waals surface area (Å²) in [4.78, 5) is 18.0. The molecular weight excluding hydrogens is 398 g/mol. The van der Waals surface area contributed by atoms with E-state index >= 15 is 0 Å². The molecule has 1 amide bonds. The van der Waals surface area contributed by atoms with Gasteiger partial charge in [-0.05, 0) is 48.4 Å². The number of amides is 1. The van der Waals surface area contributed by atoms with Gasteiger partial charge in [-0.3, -0.25) is 9.20 Å². The van der Waals surface area contributed by atoms with Crippen LogP contribution < -0.4 is 14.8 Å². The van der Waals surface area contributed by atoms with Gasteiger partial charge in [0.25, 0.3) is 0 Å². The second-order valence-electron chi connectivity index (χ2n) is 6.86. The van der Waals surface area contributed by atoms with Crippen LogP contribution in [0.2, 0.25) is 0 Å². The molecule has 0 saturated heterocycles. The van der Waals surface area contributed by atoms with Crippen LogP contribution in [0.1, 0.15) is 11.3 Å². The van der Waals surface area contributed by atoms with Crippen molar-refractivity contribution in [1.82, 2.24) is 14.7 Å². The minimum Gasteiger partial charge on any atom is -0.497 e. The Balaban J connectivity index is 1.37. The van der Waals surface area contributed by atoms with Crippen LogP contribution in [0.15, 0.2) is 60.1 Å². The number of aromatic nitrogens is 2. The van der Waals surface area contributed by atoms with Crippen molar-refractivity contribution in [3.63, 3.8) is 0 Å². The zero-order valence-electron chi connectivity index (χ0n) is 16.9. The first-order chi connectivity index (χ1) is 14.7. The van der Waals surface area contributed by atoms with Crippen molar-refractivity contribution in [1.29, 1.82) is 0 Å². The summed E-state index contributed by atoms with van der Waals surface area (Å²) in [6, 6.07) is 15.7. The Bertz CT molecular complexity index is 1130. The number of hydrogen-bond acceptors (Lipinski definition) is 5. The van der Waals surface area contributed by atoms with Crippen LogP contribution in [-0.2, 0) is 17.6 Å². The van der Waals surface area contributed by atoms with Crippen LogP contribution >= 0.6 is 11.3 Å². The fraction of sp³-hybridized carbons (Fsp3) is 0.217. The average Bonchev–Trinajstić information content (AvgIpc) is 3.36. The molecular formula is C23H23N3O3S. The van der Waals surface area contributed by atoms with Crippen molar-refractivity contribution < 1.29 is 14.3 Å². The van der Waals surface area contributed by atoms with Gasteiger partial charge in [0.2, 0.25) is 5.91 Å². The first-order valence-corrected chi connectivity index (χ1v) is 10.5. The minimum atomic E-state index is 0.00269. The van der Waals surface area contributed by atoms with Gasteiger partial charge in [-0.15, -0.1) is 11.3 Å². The predicted octanol–water partition coefficient (Wildman–Crippen LogP) is 3.98.